The average molecular weight is 629 g/mol. The highest BCUT2D eigenvalue weighted by Crippen LogP contribution is 2.61. The zero-order chi connectivity index (χ0) is 27.5. The molecule has 2 aromatic rings. The van der Waals surface area contributed by atoms with Crippen molar-refractivity contribution in [1.82, 2.24) is 0 Å². The molecule has 1 saturated heterocycles. The van der Waals surface area contributed by atoms with Gasteiger partial charge in [0, 0.05) is 23.0 Å². The van der Waals surface area contributed by atoms with Gasteiger partial charge in [-0.2, -0.15) is 0 Å². The molecule has 0 aromatic heterocycles. The fraction of sp³-hybridized carbons (Fsp3) is 0.417. The van der Waals surface area contributed by atoms with Crippen LogP contribution in [0.25, 0.3) is 0 Å². The van der Waals surface area contributed by atoms with Gasteiger partial charge in [-0.1, -0.05) is 58.0 Å². The van der Waals surface area contributed by atoms with Crippen LogP contribution in [-0.2, 0) is 19.1 Å². The maximum atomic E-state index is 13.2. The summed E-state index contributed by atoms with van der Waals surface area (Å²) in [5.74, 6) is -2.78. The lowest BCUT2D eigenvalue weighted by Crippen LogP contribution is -2.38. The minimum Gasteiger partial charge on any atom is -0.491 e. The molecule has 0 saturated carbocycles. The van der Waals surface area contributed by atoms with Gasteiger partial charge >= 0.3 is 11.9 Å². The number of methoxy groups -OCH3 is 3. The van der Waals surface area contributed by atoms with Crippen LogP contribution in [0.1, 0.15) is 28.7 Å². The summed E-state index contributed by atoms with van der Waals surface area (Å²) in [6.07, 6.45) is -1.03. The third-order valence-electron chi connectivity index (χ3n) is 6.79. The lowest BCUT2D eigenvalue weighted by Gasteiger charge is -2.39. The second-order valence-electron chi connectivity index (χ2n) is 8.60. The first-order chi connectivity index (χ1) is 18.0. The van der Waals surface area contributed by atoms with E-state index in [0.29, 0.717) is 28.2 Å². The number of carbonyl (C=O) groups excluding carboxylic acids is 2. The molecule has 0 spiro atoms. The van der Waals surface area contributed by atoms with E-state index in [4.69, 9.17) is 91.2 Å². The first-order valence-corrected chi connectivity index (χ1v) is 13.0. The third-order valence-corrected chi connectivity index (χ3v) is 8.01. The summed E-state index contributed by atoms with van der Waals surface area (Å²) in [4.78, 5) is 25.9. The van der Waals surface area contributed by atoms with Crippen LogP contribution in [0.4, 0.5) is 0 Å². The number of hydrogen-bond acceptors (Lipinski definition) is 9. The van der Waals surface area contributed by atoms with E-state index < -0.39 is 39.6 Å². The summed E-state index contributed by atoms with van der Waals surface area (Å²) in [7, 11) is 4.23. The Morgan fingerprint density at radius 1 is 0.895 bits per heavy atom. The van der Waals surface area contributed by atoms with Crippen molar-refractivity contribution < 1.29 is 42.7 Å². The van der Waals surface area contributed by atoms with Gasteiger partial charge in [0.2, 0.25) is 12.5 Å². The first kappa shape index (κ1) is 27.4. The minimum absolute atomic E-state index is 0.0257. The Hall–Kier alpha value is -2.17. The highest BCUT2D eigenvalue weighted by atomic mass is 35.6. The predicted molar refractivity (Wildman–Crippen MR) is 138 cm³/mol. The Balaban J connectivity index is 1.80. The van der Waals surface area contributed by atoms with Crippen molar-refractivity contribution in [1.29, 1.82) is 0 Å². The van der Waals surface area contributed by atoms with Crippen LogP contribution in [0.3, 0.4) is 0 Å². The largest absolute Gasteiger partial charge is 0.491 e. The molecule has 1 aliphatic carbocycles. The summed E-state index contributed by atoms with van der Waals surface area (Å²) >= 11 is 31.1. The third kappa shape index (κ3) is 4.23. The smallest absolute Gasteiger partial charge is 0.359 e. The Morgan fingerprint density at radius 2 is 1.45 bits per heavy atom. The molecule has 0 radical (unpaired) electrons. The van der Waals surface area contributed by atoms with E-state index in [9.17, 15) is 9.59 Å². The summed E-state index contributed by atoms with van der Waals surface area (Å²) in [6.45, 7) is -0.104. The molecule has 4 atom stereocenters. The van der Waals surface area contributed by atoms with Crippen LogP contribution in [0.5, 0.6) is 28.7 Å². The van der Waals surface area contributed by atoms with Gasteiger partial charge in [0.25, 0.3) is 3.79 Å². The van der Waals surface area contributed by atoms with E-state index in [1.165, 1.54) is 21.3 Å². The minimum atomic E-state index is -2.35. The zero-order valence-corrected chi connectivity index (χ0v) is 23.7. The van der Waals surface area contributed by atoms with Crippen molar-refractivity contribution in [2.45, 2.75) is 15.8 Å². The van der Waals surface area contributed by atoms with Gasteiger partial charge in [-0.3, -0.25) is 4.79 Å². The first-order valence-electron chi connectivity index (χ1n) is 11.1. The topological polar surface area (TPSA) is 98.8 Å². The fourth-order valence-corrected chi connectivity index (χ4v) is 6.19. The molecule has 0 unspecified atom stereocenters. The predicted octanol–water partition coefficient (Wildman–Crippen LogP) is 5.64. The molecule has 3 aliphatic rings. The Kier molecular flexibility index (Phi) is 7.28. The number of halogens is 5. The maximum Gasteiger partial charge on any atom is 0.359 e. The average Bonchev–Trinajstić information content (AvgIpc) is 3.49. The molecule has 2 aliphatic heterocycles. The zero-order valence-electron chi connectivity index (χ0n) is 19.9. The molecule has 0 amide bonds. The van der Waals surface area contributed by atoms with Crippen molar-refractivity contribution >= 4 is 69.9 Å². The number of fused-ring (bicyclic) bond motifs is 3. The molecule has 2 heterocycles. The van der Waals surface area contributed by atoms with E-state index in [0.717, 1.165) is 0 Å². The van der Waals surface area contributed by atoms with Gasteiger partial charge in [-0.05, 0) is 17.7 Å². The van der Waals surface area contributed by atoms with Gasteiger partial charge in [0.05, 0.1) is 43.9 Å². The second kappa shape index (κ2) is 10.1. The molecule has 0 bridgehead atoms. The number of benzene rings is 2. The maximum absolute atomic E-state index is 13.2. The number of carbonyl (C=O) groups is 2. The standard InChI is InChI=1S/C24H19Cl5O9/c1-32-19-16(25)15(17(26)20(33-2)21(19)34-3)13-8-4-11-12(37-7-36-11)5-9(8)18(38-23(31)24(27,28)29)10-6-35-22(30)14(10)13/h4-5,10,13-14,18H,6-7H2,1-3H3/t10-,13+,14-,18+/m0/s1. The van der Waals surface area contributed by atoms with Gasteiger partial charge in [0.1, 0.15) is 6.10 Å². The van der Waals surface area contributed by atoms with Crippen molar-refractivity contribution in [3.63, 3.8) is 0 Å². The molecule has 1 fully saturated rings. The monoisotopic (exact) mass is 626 g/mol. The van der Waals surface area contributed by atoms with Crippen molar-refractivity contribution in [3.8, 4) is 28.7 Å². The van der Waals surface area contributed by atoms with E-state index in [1.807, 2.05) is 0 Å². The number of hydrogen-bond donors (Lipinski definition) is 0. The van der Waals surface area contributed by atoms with Crippen LogP contribution in [-0.4, -0.2) is 50.5 Å². The molecular formula is C24H19Cl5O9. The molecule has 14 heteroatoms. The van der Waals surface area contributed by atoms with Crippen LogP contribution in [0.15, 0.2) is 12.1 Å². The van der Waals surface area contributed by atoms with Gasteiger partial charge in [-0.25, -0.2) is 4.79 Å². The quantitative estimate of drug-likeness (QED) is 0.308. The number of rotatable bonds is 5. The molecule has 204 valence electrons. The highest BCUT2D eigenvalue weighted by molar-refractivity contribution is 6.75. The van der Waals surface area contributed by atoms with Crippen LogP contribution < -0.4 is 23.7 Å². The summed E-state index contributed by atoms with van der Waals surface area (Å²) in [5, 5.41) is 0.193. The molecule has 9 nitrogen and oxygen atoms in total. The highest BCUT2D eigenvalue weighted by Gasteiger charge is 2.56. The number of alkyl halides is 3. The van der Waals surface area contributed by atoms with Crippen LogP contribution in [0, 0.1) is 11.8 Å². The SMILES string of the molecule is COc1c(Cl)c([C@@H]2c3cc4c(cc3[C@@H](OC(=O)C(Cl)(Cl)Cl)[C@H]3COC(=O)[C@H]23)OCO4)c(Cl)c(OC)c1OC. The van der Waals surface area contributed by atoms with Crippen molar-refractivity contribution in [2.24, 2.45) is 11.8 Å². The Bertz CT molecular complexity index is 1290. The van der Waals surface area contributed by atoms with E-state index in [1.54, 1.807) is 12.1 Å². The molecule has 5 rings (SSSR count). The Morgan fingerprint density at radius 3 is 1.97 bits per heavy atom. The summed E-state index contributed by atoms with van der Waals surface area (Å²) in [6, 6.07) is 3.33. The van der Waals surface area contributed by atoms with Gasteiger partial charge in [-0.15, -0.1) is 0 Å². The normalized spacial score (nSPS) is 23.3. The van der Waals surface area contributed by atoms with Gasteiger partial charge in [0.15, 0.2) is 23.0 Å². The number of esters is 2. The number of cyclic esters (lactones) is 1. The van der Waals surface area contributed by atoms with Crippen molar-refractivity contribution in [3.05, 3.63) is 38.9 Å². The van der Waals surface area contributed by atoms with Crippen LogP contribution >= 0.6 is 58.0 Å². The van der Waals surface area contributed by atoms with Crippen LogP contribution in [0.2, 0.25) is 10.0 Å². The molecule has 38 heavy (non-hydrogen) atoms. The lowest BCUT2D eigenvalue weighted by atomic mass is 9.66. The summed E-state index contributed by atoms with van der Waals surface area (Å²) < 4.78 is 36.5. The van der Waals surface area contributed by atoms with E-state index in [2.05, 4.69) is 0 Å². The second-order valence-corrected chi connectivity index (χ2v) is 11.6. The fourth-order valence-electron chi connectivity index (χ4n) is 5.26. The number of ether oxygens (including phenoxy) is 7. The molecule has 0 N–H and O–H groups in total. The Labute approximate surface area is 241 Å². The molecular weight excluding hydrogens is 610 g/mol. The lowest BCUT2D eigenvalue weighted by molar-refractivity contribution is -0.153. The molecule has 2 aromatic carbocycles. The summed E-state index contributed by atoms with van der Waals surface area (Å²) in [5.41, 5.74) is 1.31. The van der Waals surface area contributed by atoms with E-state index >= 15 is 0 Å². The van der Waals surface area contributed by atoms with E-state index in [-0.39, 0.29) is 40.7 Å². The van der Waals surface area contributed by atoms with Gasteiger partial charge < -0.3 is 33.2 Å². The van der Waals surface area contributed by atoms with Crippen molar-refractivity contribution in [2.75, 3.05) is 34.7 Å².